The molecule has 1 aromatic carbocycles. The monoisotopic (exact) mass is 455 g/mol. The van der Waals surface area contributed by atoms with Crippen molar-refractivity contribution >= 4 is 45.9 Å². The van der Waals surface area contributed by atoms with Gasteiger partial charge in [-0.25, -0.2) is 9.38 Å². The summed E-state index contributed by atoms with van der Waals surface area (Å²) in [5.41, 5.74) is 0.885. The van der Waals surface area contributed by atoms with Crippen LogP contribution < -0.4 is 5.32 Å². The Morgan fingerprint density at radius 3 is 2.70 bits per heavy atom. The normalized spacial score (nSPS) is 15.2. The smallest absolute Gasteiger partial charge is 0.194 e. The Bertz CT molecular complexity index is 462. The van der Waals surface area contributed by atoms with Gasteiger partial charge in [0.15, 0.2) is 5.96 Å². The van der Waals surface area contributed by atoms with Gasteiger partial charge in [0.2, 0.25) is 0 Å². The molecule has 0 aromatic heterocycles. The lowest BCUT2D eigenvalue weighted by Crippen LogP contribution is -2.39. The molecule has 112 valence electrons. The van der Waals surface area contributed by atoms with E-state index < -0.39 is 0 Å². The Kier molecular flexibility index (Phi) is 7.79. The van der Waals surface area contributed by atoms with E-state index in [9.17, 15) is 4.39 Å². The summed E-state index contributed by atoms with van der Waals surface area (Å²) < 4.78 is 13.9. The first-order valence-electron chi connectivity index (χ1n) is 6.68. The first kappa shape index (κ1) is 17.7. The number of guanidine groups is 1. The van der Waals surface area contributed by atoms with E-state index in [4.69, 9.17) is 0 Å². The van der Waals surface area contributed by atoms with Gasteiger partial charge in [0.25, 0.3) is 0 Å². The minimum atomic E-state index is -0.237. The van der Waals surface area contributed by atoms with Crippen LogP contribution in [0, 0.1) is 5.82 Å². The highest BCUT2D eigenvalue weighted by Crippen LogP contribution is 2.17. The van der Waals surface area contributed by atoms with Crippen molar-refractivity contribution in [3.63, 3.8) is 0 Å². The van der Waals surface area contributed by atoms with Gasteiger partial charge in [0.1, 0.15) is 5.82 Å². The lowest BCUT2D eigenvalue weighted by molar-refractivity contribution is 0.493. The van der Waals surface area contributed by atoms with Gasteiger partial charge in [-0.05, 0) is 53.4 Å². The van der Waals surface area contributed by atoms with E-state index in [2.05, 4.69) is 38.1 Å². The number of nitrogens with zero attached hydrogens (tertiary/aromatic N) is 2. The van der Waals surface area contributed by atoms with Crippen molar-refractivity contribution in [2.24, 2.45) is 4.99 Å². The maximum absolute atomic E-state index is 13.4. The maximum Gasteiger partial charge on any atom is 0.194 e. The van der Waals surface area contributed by atoms with E-state index in [0.29, 0.717) is 11.0 Å². The topological polar surface area (TPSA) is 27.6 Å². The third-order valence-corrected chi connectivity index (χ3v) is 3.78. The van der Waals surface area contributed by atoms with E-state index >= 15 is 0 Å². The number of nitrogens with one attached hydrogen (secondary N) is 1. The molecule has 1 aliphatic rings. The molecule has 6 heteroatoms. The van der Waals surface area contributed by atoms with Crippen LogP contribution in [0.25, 0.3) is 0 Å². The summed E-state index contributed by atoms with van der Waals surface area (Å²) in [6.07, 6.45) is 2.44. The van der Waals surface area contributed by atoms with Crippen LogP contribution >= 0.6 is 39.9 Å². The van der Waals surface area contributed by atoms with Gasteiger partial charge in [-0.15, -0.1) is 24.0 Å². The molecule has 0 aliphatic carbocycles. The SMILES string of the molecule is CCNC(=NCc1ccc(Br)c(F)c1)N1CCCC1.I. The second-order valence-electron chi connectivity index (χ2n) is 4.61. The van der Waals surface area contributed by atoms with Crippen molar-refractivity contribution < 1.29 is 4.39 Å². The molecule has 0 saturated carbocycles. The van der Waals surface area contributed by atoms with Gasteiger partial charge in [-0.3, -0.25) is 0 Å². The summed E-state index contributed by atoms with van der Waals surface area (Å²) in [4.78, 5) is 6.85. The molecule has 0 amide bonds. The first-order valence-corrected chi connectivity index (χ1v) is 7.47. The molecule has 1 aliphatic heterocycles. The second kappa shape index (κ2) is 8.81. The Hall–Kier alpha value is -0.370. The highest BCUT2D eigenvalue weighted by atomic mass is 127. The molecule has 0 unspecified atom stereocenters. The molecule has 0 spiro atoms. The summed E-state index contributed by atoms with van der Waals surface area (Å²) in [7, 11) is 0. The zero-order valence-electron chi connectivity index (χ0n) is 11.5. The van der Waals surface area contributed by atoms with Crippen LogP contribution in [0.4, 0.5) is 4.39 Å². The maximum atomic E-state index is 13.4. The molecule has 20 heavy (non-hydrogen) atoms. The molecule has 0 bridgehead atoms. The van der Waals surface area contributed by atoms with Crippen molar-refractivity contribution in [3.05, 3.63) is 34.1 Å². The molecule has 0 radical (unpaired) electrons. The lowest BCUT2D eigenvalue weighted by Gasteiger charge is -2.20. The number of hydrogen-bond acceptors (Lipinski definition) is 1. The van der Waals surface area contributed by atoms with Crippen LogP contribution in [0.5, 0.6) is 0 Å². The van der Waals surface area contributed by atoms with Crippen molar-refractivity contribution in [2.45, 2.75) is 26.3 Å². The van der Waals surface area contributed by atoms with Gasteiger partial charge in [-0.2, -0.15) is 0 Å². The van der Waals surface area contributed by atoms with Crippen molar-refractivity contribution in [3.8, 4) is 0 Å². The summed E-state index contributed by atoms with van der Waals surface area (Å²) >= 11 is 3.16. The highest BCUT2D eigenvalue weighted by molar-refractivity contribution is 14.0. The van der Waals surface area contributed by atoms with Crippen LogP contribution in [0.15, 0.2) is 27.7 Å². The summed E-state index contributed by atoms with van der Waals surface area (Å²) in [6.45, 7) is 5.53. The van der Waals surface area contributed by atoms with Crippen LogP contribution in [-0.4, -0.2) is 30.5 Å². The number of halogens is 3. The number of aliphatic imine (C=N–C) groups is 1. The van der Waals surface area contributed by atoms with Gasteiger partial charge >= 0.3 is 0 Å². The van der Waals surface area contributed by atoms with Crippen LogP contribution in [-0.2, 0) is 6.54 Å². The van der Waals surface area contributed by atoms with Crippen molar-refractivity contribution in [2.75, 3.05) is 19.6 Å². The van der Waals surface area contributed by atoms with E-state index in [1.165, 1.54) is 18.9 Å². The summed E-state index contributed by atoms with van der Waals surface area (Å²) in [5.74, 6) is 0.696. The standard InChI is InChI=1S/C14H19BrFN3.HI/c1-2-17-14(19-7-3-4-8-19)18-10-11-5-6-12(15)13(16)9-11;/h5-6,9H,2-4,7-8,10H2,1H3,(H,17,18);1H. The zero-order valence-corrected chi connectivity index (χ0v) is 15.4. The number of benzene rings is 1. The Morgan fingerprint density at radius 1 is 1.40 bits per heavy atom. The molecule has 1 heterocycles. The minimum Gasteiger partial charge on any atom is -0.357 e. The third-order valence-electron chi connectivity index (χ3n) is 3.14. The molecule has 0 atom stereocenters. The fourth-order valence-corrected chi connectivity index (χ4v) is 2.41. The average molecular weight is 456 g/mol. The summed E-state index contributed by atoms with van der Waals surface area (Å²) in [5, 5.41) is 3.29. The molecule has 2 rings (SSSR count). The fourth-order valence-electron chi connectivity index (χ4n) is 2.16. The quantitative estimate of drug-likeness (QED) is 0.426. The van der Waals surface area contributed by atoms with Gasteiger partial charge in [0, 0.05) is 19.6 Å². The molecular formula is C14H20BrFIN3. The average Bonchev–Trinajstić information content (AvgIpc) is 2.92. The largest absolute Gasteiger partial charge is 0.357 e. The number of likely N-dealkylation sites (tertiary alicyclic amines) is 1. The number of hydrogen-bond donors (Lipinski definition) is 1. The third kappa shape index (κ3) is 4.87. The van der Waals surface area contributed by atoms with Crippen molar-refractivity contribution in [1.29, 1.82) is 0 Å². The molecule has 1 N–H and O–H groups in total. The molecular weight excluding hydrogens is 436 g/mol. The van der Waals surface area contributed by atoms with E-state index in [-0.39, 0.29) is 29.8 Å². The lowest BCUT2D eigenvalue weighted by atomic mass is 10.2. The van der Waals surface area contributed by atoms with Crippen LogP contribution in [0.3, 0.4) is 0 Å². The Labute approximate surface area is 145 Å². The second-order valence-corrected chi connectivity index (χ2v) is 5.47. The van der Waals surface area contributed by atoms with E-state index in [0.717, 1.165) is 31.2 Å². The molecule has 1 fully saturated rings. The van der Waals surface area contributed by atoms with Gasteiger partial charge in [0.05, 0.1) is 11.0 Å². The van der Waals surface area contributed by atoms with E-state index in [1.54, 1.807) is 6.07 Å². The fraction of sp³-hybridized carbons (Fsp3) is 0.500. The molecule has 1 aromatic rings. The Morgan fingerprint density at radius 2 is 2.10 bits per heavy atom. The van der Waals surface area contributed by atoms with E-state index in [1.807, 2.05) is 6.07 Å². The van der Waals surface area contributed by atoms with Crippen LogP contribution in [0.1, 0.15) is 25.3 Å². The molecule has 1 saturated heterocycles. The predicted molar refractivity (Wildman–Crippen MR) is 95.1 cm³/mol. The minimum absolute atomic E-state index is 0. The van der Waals surface area contributed by atoms with Crippen molar-refractivity contribution in [1.82, 2.24) is 10.2 Å². The predicted octanol–water partition coefficient (Wildman–Crippen LogP) is 3.77. The zero-order chi connectivity index (χ0) is 13.7. The summed E-state index contributed by atoms with van der Waals surface area (Å²) in [6, 6.07) is 5.15. The first-order chi connectivity index (χ1) is 9.20. The molecule has 3 nitrogen and oxygen atoms in total. The highest BCUT2D eigenvalue weighted by Gasteiger charge is 2.15. The number of rotatable bonds is 3. The van der Waals surface area contributed by atoms with Crippen LogP contribution in [0.2, 0.25) is 0 Å². The Balaban J connectivity index is 0.00000200. The van der Waals surface area contributed by atoms with Gasteiger partial charge in [-0.1, -0.05) is 6.07 Å². The van der Waals surface area contributed by atoms with Gasteiger partial charge < -0.3 is 10.2 Å².